The van der Waals surface area contributed by atoms with E-state index in [1.165, 1.54) is 6.92 Å². The van der Waals surface area contributed by atoms with Crippen LogP contribution in [0.3, 0.4) is 0 Å². The molecule has 0 aromatic rings. The van der Waals surface area contributed by atoms with Gasteiger partial charge in [0.15, 0.2) is 0 Å². The van der Waals surface area contributed by atoms with Crippen LogP contribution in [0.4, 0.5) is 0 Å². The third kappa shape index (κ3) is 2.77. The normalized spacial score (nSPS) is 46.4. The number of halogens is 1. The molecule has 0 unspecified atom stereocenters. The van der Waals surface area contributed by atoms with E-state index in [1.54, 1.807) is 0 Å². The molecule has 1 fully saturated rings. The summed E-state index contributed by atoms with van der Waals surface area (Å²) < 4.78 is 0. The molecular formula is C7H16ClNO4. The van der Waals surface area contributed by atoms with Gasteiger partial charge in [-0.3, -0.25) is 0 Å². The molecule has 80 valence electrons. The van der Waals surface area contributed by atoms with Gasteiger partial charge in [0.2, 0.25) is 0 Å². The van der Waals surface area contributed by atoms with Crippen LogP contribution >= 0.6 is 12.4 Å². The van der Waals surface area contributed by atoms with E-state index in [9.17, 15) is 20.4 Å². The molecule has 0 spiro atoms. The van der Waals surface area contributed by atoms with Crippen molar-refractivity contribution in [1.82, 2.24) is 5.32 Å². The standard InChI is InChI=1S/C7H15NO4.ClH/c1-7(12)3-8-2-4(9)5(10)6(7)11;/h4-6,8-12H,2-3H2,1H3;1H/t4-,5+,6-,7+;/m0./s1. The van der Waals surface area contributed by atoms with Crippen LogP contribution in [-0.4, -0.2) is 57.4 Å². The highest BCUT2D eigenvalue weighted by molar-refractivity contribution is 5.85. The van der Waals surface area contributed by atoms with E-state index in [2.05, 4.69) is 5.32 Å². The van der Waals surface area contributed by atoms with E-state index in [0.717, 1.165) is 0 Å². The van der Waals surface area contributed by atoms with Crippen molar-refractivity contribution < 1.29 is 20.4 Å². The number of rotatable bonds is 0. The molecule has 1 heterocycles. The Hall–Kier alpha value is 0.0900. The lowest BCUT2D eigenvalue weighted by Crippen LogP contribution is -2.51. The highest BCUT2D eigenvalue weighted by Gasteiger charge is 2.40. The number of β-amino-alcohol motifs (C(OH)–C–C–N with tert-alkyl or cyclic N) is 2. The van der Waals surface area contributed by atoms with E-state index in [4.69, 9.17) is 0 Å². The summed E-state index contributed by atoms with van der Waals surface area (Å²) in [5, 5.41) is 40.1. The summed E-state index contributed by atoms with van der Waals surface area (Å²) in [6, 6.07) is 0. The van der Waals surface area contributed by atoms with Gasteiger partial charge in [0.05, 0.1) is 6.10 Å². The Morgan fingerprint density at radius 3 is 2.38 bits per heavy atom. The highest BCUT2D eigenvalue weighted by Crippen LogP contribution is 2.17. The van der Waals surface area contributed by atoms with Crippen LogP contribution in [0.25, 0.3) is 0 Å². The summed E-state index contributed by atoms with van der Waals surface area (Å²) in [6.07, 6.45) is -3.65. The second kappa shape index (κ2) is 4.54. The fraction of sp³-hybridized carbons (Fsp3) is 1.00. The van der Waals surface area contributed by atoms with Gasteiger partial charge in [-0.15, -0.1) is 12.4 Å². The Morgan fingerprint density at radius 1 is 1.31 bits per heavy atom. The first-order valence-corrected chi connectivity index (χ1v) is 3.92. The average Bonchev–Trinajstić information content (AvgIpc) is 2.06. The molecule has 0 saturated carbocycles. The topological polar surface area (TPSA) is 93.0 Å². The van der Waals surface area contributed by atoms with Crippen molar-refractivity contribution in [2.24, 2.45) is 0 Å². The SMILES string of the molecule is C[C@@]1(O)CNC[C@H](O)[C@@H](O)[C@@H]1O.Cl. The molecule has 0 amide bonds. The van der Waals surface area contributed by atoms with Crippen molar-refractivity contribution in [1.29, 1.82) is 0 Å². The Labute approximate surface area is 82.8 Å². The second-order valence-corrected chi connectivity index (χ2v) is 3.49. The first-order chi connectivity index (χ1) is 5.45. The lowest BCUT2D eigenvalue weighted by Gasteiger charge is -2.29. The minimum absolute atomic E-state index is 0. The lowest BCUT2D eigenvalue weighted by atomic mass is 9.94. The highest BCUT2D eigenvalue weighted by atomic mass is 35.5. The van der Waals surface area contributed by atoms with Gasteiger partial charge in [0, 0.05) is 13.1 Å². The van der Waals surface area contributed by atoms with Crippen molar-refractivity contribution in [2.45, 2.75) is 30.8 Å². The molecule has 13 heavy (non-hydrogen) atoms. The molecule has 0 aliphatic carbocycles. The van der Waals surface area contributed by atoms with Gasteiger partial charge in [0.1, 0.15) is 17.8 Å². The quantitative estimate of drug-likeness (QED) is 0.316. The molecule has 1 saturated heterocycles. The molecule has 4 atom stereocenters. The fourth-order valence-corrected chi connectivity index (χ4v) is 1.28. The number of aliphatic hydroxyl groups is 4. The van der Waals surface area contributed by atoms with Gasteiger partial charge in [0.25, 0.3) is 0 Å². The van der Waals surface area contributed by atoms with Crippen LogP contribution in [0.1, 0.15) is 6.92 Å². The van der Waals surface area contributed by atoms with Crippen LogP contribution in [-0.2, 0) is 0 Å². The molecule has 1 rings (SSSR count). The Morgan fingerprint density at radius 2 is 1.85 bits per heavy atom. The summed E-state index contributed by atoms with van der Waals surface area (Å²) in [6.45, 7) is 1.74. The molecule has 6 heteroatoms. The Balaban J connectivity index is 0.00000144. The van der Waals surface area contributed by atoms with E-state index in [0.29, 0.717) is 0 Å². The summed E-state index contributed by atoms with van der Waals surface area (Å²) >= 11 is 0. The predicted octanol–water partition coefficient (Wildman–Crippen LogP) is -2.15. The first-order valence-electron chi connectivity index (χ1n) is 3.92. The van der Waals surface area contributed by atoms with Crippen LogP contribution < -0.4 is 5.32 Å². The van der Waals surface area contributed by atoms with Gasteiger partial charge < -0.3 is 25.7 Å². The molecule has 1 aliphatic heterocycles. The largest absolute Gasteiger partial charge is 0.389 e. The first kappa shape index (κ1) is 13.1. The second-order valence-electron chi connectivity index (χ2n) is 3.49. The third-order valence-electron chi connectivity index (χ3n) is 2.19. The number of aliphatic hydroxyl groups excluding tert-OH is 3. The van der Waals surface area contributed by atoms with Crippen LogP contribution in [0.15, 0.2) is 0 Å². The van der Waals surface area contributed by atoms with Crippen LogP contribution in [0.5, 0.6) is 0 Å². The summed E-state index contributed by atoms with van der Waals surface area (Å²) in [5.41, 5.74) is -1.39. The third-order valence-corrected chi connectivity index (χ3v) is 2.19. The minimum atomic E-state index is -1.39. The van der Waals surface area contributed by atoms with E-state index < -0.39 is 23.9 Å². The monoisotopic (exact) mass is 213 g/mol. The van der Waals surface area contributed by atoms with Gasteiger partial charge in [-0.05, 0) is 6.92 Å². The molecule has 5 N–H and O–H groups in total. The number of hydrogen-bond donors (Lipinski definition) is 5. The smallest absolute Gasteiger partial charge is 0.112 e. The Bertz CT molecular complexity index is 167. The minimum Gasteiger partial charge on any atom is -0.389 e. The van der Waals surface area contributed by atoms with Crippen LogP contribution in [0.2, 0.25) is 0 Å². The summed E-state index contributed by atoms with van der Waals surface area (Å²) in [5.74, 6) is 0. The maximum absolute atomic E-state index is 9.53. The van der Waals surface area contributed by atoms with Gasteiger partial charge >= 0.3 is 0 Å². The van der Waals surface area contributed by atoms with Gasteiger partial charge in [-0.25, -0.2) is 0 Å². The van der Waals surface area contributed by atoms with Gasteiger partial charge in [-0.1, -0.05) is 0 Å². The van der Waals surface area contributed by atoms with Crippen molar-refractivity contribution in [3.63, 3.8) is 0 Å². The molecule has 5 nitrogen and oxygen atoms in total. The van der Waals surface area contributed by atoms with E-state index >= 15 is 0 Å². The van der Waals surface area contributed by atoms with Crippen molar-refractivity contribution in [3.05, 3.63) is 0 Å². The lowest BCUT2D eigenvalue weighted by molar-refractivity contribution is -0.129. The zero-order chi connectivity index (χ0) is 9.35. The molecule has 1 aliphatic rings. The van der Waals surface area contributed by atoms with Crippen molar-refractivity contribution >= 4 is 12.4 Å². The summed E-state index contributed by atoms with van der Waals surface area (Å²) in [4.78, 5) is 0. The Kier molecular flexibility index (Phi) is 4.58. The van der Waals surface area contributed by atoms with Crippen molar-refractivity contribution in [3.8, 4) is 0 Å². The molecule has 0 aromatic heterocycles. The molecule has 0 aromatic carbocycles. The summed E-state index contributed by atoms with van der Waals surface area (Å²) in [7, 11) is 0. The van der Waals surface area contributed by atoms with Gasteiger partial charge in [-0.2, -0.15) is 0 Å². The van der Waals surface area contributed by atoms with Crippen LogP contribution in [0, 0.1) is 0 Å². The zero-order valence-corrected chi connectivity index (χ0v) is 8.16. The zero-order valence-electron chi connectivity index (χ0n) is 7.34. The number of nitrogens with one attached hydrogen (secondary N) is 1. The predicted molar refractivity (Wildman–Crippen MR) is 48.8 cm³/mol. The maximum atomic E-state index is 9.53. The molecule has 0 bridgehead atoms. The fourth-order valence-electron chi connectivity index (χ4n) is 1.28. The maximum Gasteiger partial charge on any atom is 0.112 e. The average molecular weight is 214 g/mol. The van der Waals surface area contributed by atoms with E-state index in [-0.39, 0.29) is 25.5 Å². The molecule has 0 radical (unpaired) electrons. The molecular weight excluding hydrogens is 198 g/mol. The van der Waals surface area contributed by atoms with Crippen molar-refractivity contribution in [2.75, 3.05) is 13.1 Å². The van der Waals surface area contributed by atoms with E-state index in [1.807, 2.05) is 0 Å². The number of hydrogen-bond acceptors (Lipinski definition) is 5.